The molecule has 1 saturated heterocycles. The number of rotatable bonds is 5. The number of hydrogen-bond acceptors (Lipinski definition) is 5. The predicted molar refractivity (Wildman–Crippen MR) is 95.9 cm³/mol. The number of fused-ring (bicyclic) bond motifs is 1. The van der Waals surface area contributed by atoms with Crippen LogP contribution in [0.2, 0.25) is 0 Å². The summed E-state index contributed by atoms with van der Waals surface area (Å²) in [6.45, 7) is 0.705. The number of sulfone groups is 1. The summed E-state index contributed by atoms with van der Waals surface area (Å²) in [6, 6.07) is 9.80. The van der Waals surface area contributed by atoms with Crippen molar-refractivity contribution < 1.29 is 18.3 Å². The molecule has 2 heterocycles. The summed E-state index contributed by atoms with van der Waals surface area (Å²) in [4.78, 5) is 18.1. The zero-order chi connectivity index (χ0) is 18.0. The Bertz CT molecular complexity index is 876. The van der Waals surface area contributed by atoms with Gasteiger partial charge in [-0.2, -0.15) is 0 Å². The fraction of sp³-hybridized carbons (Fsp3) is 0.444. The second-order valence-electron chi connectivity index (χ2n) is 6.70. The zero-order valence-electron chi connectivity index (χ0n) is 14.1. The lowest BCUT2D eigenvalue weighted by Gasteiger charge is -2.16. The molecule has 0 radical (unpaired) electrons. The van der Waals surface area contributed by atoms with Crippen molar-refractivity contribution in [2.45, 2.75) is 18.9 Å². The minimum atomic E-state index is -3.17. The molecular formula is C18H22N2O4S. The van der Waals surface area contributed by atoms with Crippen molar-refractivity contribution in [2.24, 2.45) is 5.92 Å². The number of aliphatic hydroxyl groups is 1. The first-order valence-corrected chi connectivity index (χ1v) is 10.4. The van der Waals surface area contributed by atoms with Crippen molar-refractivity contribution in [1.29, 1.82) is 0 Å². The number of aliphatic hydroxyl groups excluding tert-OH is 1. The molecule has 6 nitrogen and oxygen atoms in total. The van der Waals surface area contributed by atoms with E-state index < -0.39 is 15.9 Å². The Hall–Kier alpha value is -1.99. The largest absolute Gasteiger partial charge is 0.391 e. The molecule has 1 aromatic carbocycles. The lowest BCUT2D eigenvalue weighted by Crippen LogP contribution is -2.30. The SMILES string of the molecule is CS(=O)(=O)CCC(=O)N1C[C@@H](Cc2ccnc3ccccc23)[C@@H](O)C1. The summed E-state index contributed by atoms with van der Waals surface area (Å²) in [5, 5.41) is 11.4. The number of likely N-dealkylation sites (tertiary alicyclic amines) is 1. The van der Waals surface area contributed by atoms with Gasteiger partial charge in [-0.1, -0.05) is 18.2 Å². The molecule has 1 aliphatic rings. The molecule has 0 bridgehead atoms. The Morgan fingerprint density at radius 1 is 1.28 bits per heavy atom. The summed E-state index contributed by atoms with van der Waals surface area (Å²) < 4.78 is 22.4. The number of hydrogen-bond donors (Lipinski definition) is 1. The fourth-order valence-corrected chi connectivity index (χ4v) is 3.85. The van der Waals surface area contributed by atoms with E-state index in [4.69, 9.17) is 0 Å². The van der Waals surface area contributed by atoms with Gasteiger partial charge in [0.05, 0.1) is 17.4 Å². The highest BCUT2D eigenvalue weighted by molar-refractivity contribution is 7.90. The number of benzene rings is 1. The highest BCUT2D eigenvalue weighted by Gasteiger charge is 2.34. The predicted octanol–water partition coefficient (Wildman–Crippen LogP) is 1.03. The van der Waals surface area contributed by atoms with Gasteiger partial charge >= 0.3 is 0 Å². The van der Waals surface area contributed by atoms with Crippen molar-refractivity contribution >= 4 is 26.6 Å². The highest BCUT2D eigenvalue weighted by Crippen LogP contribution is 2.25. The molecule has 2 aromatic rings. The maximum Gasteiger partial charge on any atom is 0.223 e. The van der Waals surface area contributed by atoms with Crippen LogP contribution in [0, 0.1) is 5.92 Å². The minimum Gasteiger partial charge on any atom is -0.391 e. The molecule has 0 unspecified atom stereocenters. The second kappa shape index (κ2) is 7.09. The maximum atomic E-state index is 12.2. The molecule has 0 aliphatic carbocycles. The van der Waals surface area contributed by atoms with Gasteiger partial charge in [0.25, 0.3) is 0 Å². The van der Waals surface area contributed by atoms with E-state index in [2.05, 4.69) is 4.98 Å². The quantitative estimate of drug-likeness (QED) is 0.858. The van der Waals surface area contributed by atoms with Crippen LogP contribution in [-0.2, 0) is 21.1 Å². The van der Waals surface area contributed by atoms with Crippen LogP contribution in [0.5, 0.6) is 0 Å². The van der Waals surface area contributed by atoms with E-state index in [0.717, 1.165) is 22.7 Å². The first-order valence-electron chi connectivity index (χ1n) is 8.29. The van der Waals surface area contributed by atoms with Gasteiger partial charge in [0.2, 0.25) is 5.91 Å². The van der Waals surface area contributed by atoms with Crippen LogP contribution in [0.15, 0.2) is 36.5 Å². The Morgan fingerprint density at radius 2 is 2.04 bits per heavy atom. The average molecular weight is 362 g/mol. The molecule has 0 saturated carbocycles. The smallest absolute Gasteiger partial charge is 0.223 e. The Kier molecular flexibility index (Phi) is 5.06. The molecule has 1 aromatic heterocycles. The van der Waals surface area contributed by atoms with Crippen LogP contribution in [0.1, 0.15) is 12.0 Å². The van der Waals surface area contributed by atoms with Crippen LogP contribution in [0.25, 0.3) is 10.9 Å². The average Bonchev–Trinajstić information content (AvgIpc) is 2.93. The van der Waals surface area contributed by atoms with Crippen molar-refractivity contribution in [3.8, 4) is 0 Å². The summed E-state index contributed by atoms with van der Waals surface area (Å²) in [6.07, 6.45) is 2.90. The van der Waals surface area contributed by atoms with Crippen molar-refractivity contribution in [2.75, 3.05) is 25.1 Å². The number of pyridine rings is 1. The summed E-state index contributed by atoms with van der Waals surface area (Å²) in [5.41, 5.74) is 2.01. The van der Waals surface area contributed by atoms with E-state index in [0.29, 0.717) is 13.0 Å². The van der Waals surface area contributed by atoms with E-state index in [1.165, 1.54) is 0 Å². The van der Waals surface area contributed by atoms with Gasteiger partial charge in [0.1, 0.15) is 9.84 Å². The first kappa shape index (κ1) is 17.8. The molecule has 7 heteroatoms. The van der Waals surface area contributed by atoms with Crippen LogP contribution in [-0.4, -0.2) is 60.5 Å². The van der Waals surface area contributed by atoms with Gasteiger partial charge in [-0.05, 0) is 24.1 Å². The number of para-hydroxylation sites is 1. The summed E-state index contributed by atoms with van der Waals surface area (Å²) >= 11 is 0. The van der Waals surface area contributed by atoms with Crippen LogP contribution in [0.4, 0.5) is 0 Å². The zero-order valence-corrected chi connectivity index (χ0v) is 14.9. The van der Waals surface area contributed by atoms with Gasteiger partial charge in [0.15, 0.2) is 0 Å². The first-order chi connectivity index (χ1) is 11.8. The third-order valence-electron chi connectivity index (χ3n) is 4.67. The van der Waals surface area contributed by atoms with Gasteiger partial charge < -0.3 is 10.0 Å². The molecule has 0 spiro atoms. The number of carbonyl (C=O) groups excluding carboxylic acids is 1. The lowest BCUT2D eigenvalue weighted by molar-refractivity contribution is -0.130. The molecule has 1 fully saturated rings. The fourth-order valence-electron chi connectivity index (χ4n) is 3.30. The third kappa shape index (κ3) is 4.35. The van der Waals surface area contributed by atoms with Crippen molar-refractivity contribution in [3.05, 3.63) is 42.1 Å². The van der Waals surface area contributed by atoms with E-state index in [1.54, 1.807) is 11.1 Å². The van der Waals surface area contributed by atoms with Crippen molar-refractivity contribution in [3.63, 3.8) is 0 Å². The maximum absolute atomic E-state index is 12.2. The van der Waals surface area contributed by atoms with E-state index >= 15 is 0 Å². The molecule has 25 heavy (non-hydrogen) atoms. The minimum absolute atomic E-state index is 0.0313. The Balaban J connectivity index is 1.68. The number of amides is 1. The lowest BCUT2D eigenvalue weighted by atomic mass is 9.94. The molecule has 2 atom stereocenters. The molecule has 1 N–H and O–H groups in total. The number of carbonyl (C=O) groups is 1. The molecule has 1 amide bonds. The van der Waals surface area contributed by atoms with Gasteiger partial charge in [-0.3, -0.25) is 9.78 Å². The van der Waals surface area contributed by atoms with Gasteiger partial charge in [-0.15, -0.1) is 0 Å². The number of β-amino-alcohol motifs (C(OH)–C–C–N with tert-alkyl or cyclic N) is 1. The topological polar surface area (TPSA) is 87.6 Å². The van der Waals surface area contributed by atoms with E-state index in [9.17, 15) is 18.3 Å². The standard InChI is InChI=1S/C18H22N2O4S/c1-25(23,24)9-7-18(22)20-11-14(17(21)12-20)10-13-6-8-19-16-5-3-2-4-15(13)16/h2-6,8,14,17,21H,7,9-12H2,1H3/t14-,17+/m1/s1. The summed E-state index contributed by atoms with van der Waals surface area (Å²) in [7, 11) is -3.17. The monoisotopic (exact) mass is 362 g/mol. The molecule has 1 aliphatic heterocycles. The Morgan fingerprint density at radius 3 is 2.80 bits per heavy atom. The van der Waals surface area contributed by atoms with Crippen molar-refractivity contribution in [1.82, 2.24) is 9.88 Å². The number of aromatic nitrogens is 1. The highest BCUT2D eigenvalue weighted by atomic mass is 32.2. The van der Waals surface area contributed by atoms with E-state index in [1.807, 2.05) is 30.3 Å². The third-order valence-corrected chi connectivity index (χ3v) is 5.61. The van der Waals surface area contributed by atoms with Gasteiger partial charge in [-0.25, -0.2) is 8.42 Å². The molecule has 3 rings (SSSR count). The Labute approximate surface area is 147 Å². The van der Waals surface area contributed by atoms with Gasteiger partial charge in [0, 0.05) is 43.3 Å². The number of nitrogens with zero attached hydrogens (tertiary/aromatic N) is 2. The molecular weight excluding hydrogens is 340 g/mol. The second-order valence-corrected chi connectivity index (χ2v) is 8.96. The molecule has 134 valence electrons. The van der Waals surface area contributed by atoms with Crippen LogP contribution in [0.3, 0.4) is 0 Å². The normalized spacial score (nSPS) is 21.0. The van der Waals surface area contributed by atoms with Crippen LogP contribution >= 0.6 is 0 Å². The summed E-state index contributed by atoms with van der Waals surface area (Å²) in [5.74, 6) is -0.433. The van der Waals surface area contributed by atoms with Crippen LogP contribution < -0.4 is 0 Å². The van der Waals surface area contributed by atoms with E-state index in [-0.39, 0.29) is 30.5 Å².